The Bertz CT molecular complexity index is 811. The quantitative estimate of drug-likeness (QED) is 0.665. The molecule has 0 aliphatic heterocycles. The Labute approximate surface area is 137 Å². The molecule has 0 aromatic heterocycles. The van der Waals surface area contributed by atoms with Crippen molar-refractivity contribution in [3.8, 4) is 11.1 Å². The number of nitrogens with zero attached hydrogens (tertiary/aromatic N) is 1. The second-order valence-electron chi connectivity index (χ2n) is 5.58. The van der Waals surface area contributed by atoms with E-state index in [-0.39, 0.29) is 5.91 Å². The minimum absolute atomic E-state index is 0.0967. The molecule has 0 fully saturated rings. The summed E-state index contributed by atoms with van der Waals surface area (Å²) in [4.78, 5) is 14.2. The highest BCUT2D eigenvalue weighted by molar-refractivity contribution is 5.98. The van der Waals surface area contributed by atoms with E-state index < -0.39 is 0 Å². The molecule has 0 heterocycles. The molecule has 1 amide bonds. The second-order valence-corrected chi connectivity index (χ2v) is 5.58. The van der Waals surface area contributed by atoms with Gasteiger partial charge in [-0.25, -0.2) is 0 Å². The molecule has 0 N–H and O–H groups in total. The topological polar surface area (TPSA) is 20.3 Å². The number of fused-ring (bicyclic) bond motifs is 1. The van der Waals surface area contributed by atoms with E-state index in [0.29, 0.717) is 0 Å². The van der Waals surface area contributed by atoms with Crippen molar-refractivity contribution in [2.75, 3.05) is 13.1 Å². The van der Waals surface area contributed by atoms with Crippen molar-refractivity contribution in [2.45, 2.75) is 13.8 Å². The minimum Gasteiger partial charge on any atom is -0.339 e. The first-order valence-corrected chi connectivity index (χ1v) is 8.12. The summed E-state index contributed by atoms with van der Waals surface area (Å²) in [6.07, 6.45) is 0. The molecule has 2 heteroatoms. The van der Waals surface area contributed by atoms with Gasteiger partial charge in [-0.2, -0.15) is 0 Å². The first-order valence-electron chi connectivity index (χ1n) is 8.12. The normalized spacial score (nSPS) is 10.7. The van der Waals surface area contributed by atoms with Crippen molar-refractivity contribution in [1.29, 1.82) is 0 Å². The number of hydrogen-bond donors (Lipinski definition) is 0. The highest BCUT2D eigenvalue weighted by atomic mass is 16.2. The molecule has 0 spiro atoms. The van der Waals surface area contributed by atoms with E-state index in [2.05, 4.69) is 42.5 Å². The largest absolute Gasteiger partial charge is 0.339 e. The lowest BCUT2D eigenvalue weighted by molar-refractivity contribution is 0.0773. The molecule has 3 rings (SSSR count). The van der Waals surface area contributed by atoms with Crippen molar-refractivity contribution in [1.82, 2.24) is 4.90 Å². The van der Waals surface area contributed by atoms with Crippen LogP contribution in [0.2, 0.25) is 0 Å². The third-order valence-corrected chi connectivity index (χ3v) is 4.28. The van der Waals surface area contributed by atoms with Gasteiger partial charge in [0.2, 0.25) is 0 Å². The first kappa shape index (κ1) is 15.3. The zero-order valence-corrected chi connectivity index (χ0v) is 13.6. The summed E-state index contributed by atoms with van der Waals surface area (Å²) in [6.45, 7) is 5.48. The van der Waals surface area contributed by atoms with Crippen LogP contribution in [-0.4, -0.2) is 23.9 Å². The SMILES string of the molecule is CCN(CC)C(=O)c1ccc(-c2cccc3ccccc23)cc1. The number of rotatable bonds is 4. The highest BCUT2D eigenvalue weighted by Gasteiger charge is 2.12. The van der Waals surface area contributed by atoms with Crippen molar-refractivity contribution < 1.29 is 4.79 Å². The van der Waals surface area contributed by atoms with Gasteiger partial charge in [-0.3, -0.25) is 4.79 Å². The van der Waals surface area contributed by atoms with E-state index in [9.17, 15) is 4.79 Å². The van der Waals surface area contributed by atoms with Crippen LogP contribution in [0.4, 0.5) is 0 Å². The van der Waals surface area contributed by atoms with E-state index in [0.717, 1.165) is 24.2 Å². The molecule has 3 aromatic rings. The summed E-state index contributed by atoms with van der Waals surface area (Å²) in [6, 6.07) is 22.6. The monoisotopic (exact) mass is 303 g/mol. The number of hydrogen-bond acceptors (Lipinski definition) is 1. The summed E-state index contributed by atoms with van der Waals surface area (Å²) in [5, 5.41) is 2.46. The molecule has 2 nitrogen and oxygen atoms in total. The number of carbonyl (C=O) groups excluding carboxylic acids is 1. The van der Waals surface area contributed by atoms with Crippen LogP contribution in [0.25, 0.3) is 21.9 Å². The molecule has 0 radical (unpaired) electrons. The Hall–Kier alpha value is -2.61. The lowest BCUT2D eigenvalue weighted by Gasteiger charge is -2.18. The van der Waals surface area contributed by atoms with Crippen molar-refractivity contribution >= 4 is 16.7 Å². The molecule has 0 unspecified atom stereocenters. The maximum absolute atomic E-state index is 12.4. The van der Waals surface area contributed by atoms with Gasteiger partial charge in [-0.1, -0.05) is 54.6 Å². The van der Waals surface area contributed by atoms with E-state index in [4.69, 9.17) is 0 Å². The van der Waals surface area contributed by atoms with Gasteiger partial charge in [0.1, 0.15) is 0 Å². The number of amides is 1. The van der Waals surface area contributed by atoms with Gasteiger partial charge < -0.3 is 4.90 Å². The van der Waals surface area contributed by atoms with Gasteiger partial charge in [-0.15, -0.1) is 0 Å². The summed E-state index contributed by atoms with van der Waals surface area (Å²) in [7, 11) is 0. The molecule has 23 heavy (non-hydrogen) atoms. The van der Waals surface area contributed by atoms with Crippen LogP contribution in [0.3, 0.4) is 0 Å². The molecule has 0 bridgehead atoms. The Morgan fingerprint density at radius 3 is 2.17 bits per heavy atom. The average molecular weight is 303 g/mol. The first-order chi connectivity index (χ1) is 11.2. The van der Waals surface area contributed by atoms with Crippen molar-refractivity contribution in [3.63, 3.8) is 0 Å². The smallest absolute Gasteiger partial charge is 0.253 e. The molecular formula is C21H21NO. The third kappa shape index (κ3) is 2.98. The number of benzene rings is 3. The fourth-order valence-corrected chi connectivity index (χ4v) is 2.96. The standard InChI is InChI=1S/C21H21NO/c1-3-22(4-2)21(23)18-14-12-17(13-15-18)20-11-7-9-16-8-5-6-10-19(16)20/h5-15H,3-4H2,1-2H3. The van der Waals surface area contributed by atoms with Crippen molar-refractivity contribution in [3.05, 3.63) is 72.3 Å². The maximum atomic E-state index is 12.4. The van der Waals surface area contributed by atoms with Crippen LogP contribution >= 0.6 is 0 Å². The minimum atomic E-state index is 0.0967. The van der Waals surface area contributed by atoms with Gasteiger partial charge in [0, 0.05) is 18.7 Å². The highest BCUT2D eigenvalue weighted by Crippen LogP contribution is 2.28. The number of carbonyl (C=O) groups is 1. The van der Waals surface area contributed by atoms with Crippen LogP contribution in [0.1, 0.15) is 24.2 Å². The predicted molar refractivity (Wildman–Crippen MR) is 96.6 cm³/mol. The zero-order valence-electron chi connectivity index (χ0n) is 13.6. The van der Waals surface area contributed by atoms with Crippen molar-refractivity contribution in [2.24, 2.45) is 0 Å². The molecule has 0 aliphatic rings. The Morgan fingerprint density at radius 1 is 0.826 bits per heavy atom. The summed E-state index contributed by atoms with van der Waals surface area (Å²) in [5.74, 6) is 0.0967. The van der Waals surface area contributed by atoms with Gasteiger partial charge in [0.25, 0.3) is 5.91 Å². The van der Waals surface area contributed by atoms with Gasteiger partial charge in [-0.05, 0) is 47.9 Å². The van der Waals surface area contributed by atoms with E-state index >= 15 is 0 Å². The van der Waals surface area contributed by atoms with E-state index in [1.165, 1.54) is 16.3 Å². The lowest BCUT2D eigenvalue weighted by atomic mass is 9.97. The Kier molecular flexibility index (Phi) is 4.42. The average Bonchev–Trinajstić information content (AvgIpc) is 2.62. The van der Waals surface area contributed by atoms with E-state index in [1.54, 1.807) is 0 Å². The Balaban J connectivity index is 1.97. The fourth-order valence-electron chi connectivity index (χ4n) is 2.96. The van der Waals surface area contributed by atoms with Gasteiger partial charge in [0.05, 0.1) is 0 Å². The lowest BCUT2D eigenvalue weighted by Crippen LogP contribution is -2.30. The van der Waals surface area contributed by atoms with E-state index in [1.807, 2.05) is 43.0 Å². The maximum Gasteiger partial charge on any atom is 0.253 e. The van der Waals surface area contributed by atoms with Crippen LogP contribution in [0.5, 0.6) is 0 Å². The third-order valence-electron chi connectivity index (χ3n) is 4.28. The van der Waals surface area contributed by atoms with Crippen LogP contribution < -0.4 is 0 Å². The molecule has 116 valence electrons. The zero-order chi connectivity index (χ0) is 16.2. The van der Waals surface area contributed by atoms with Crippen LogP contribution in [-0.2, 0) is 0 Å². The predicted octanol–water partition coefficient (Wildman–Crippen LogP) is 4.99. The molecular weight excluding hydrogens is 282 g/mol. The molecule has 0 atom stereocenters. The summed E-state index contributed by atoms with van der Waals surface area (Å²) < 4.78 is 0. The van der Waals surface area contributed by atoms with Gasteiger partial charge >= 0.3 is 0 Å². The molecule has 0 saturated carbocycles. The second kappa shape index (κ2) is 6.66. The molecule has 0 aliphatic carbocycles. The Morgan fingerprint density at radius 2 is 1.48 bits per heavy atom. The summed E-state index contributed by atoms with van der Waals surface area (Å²) in [5.41, 5.74) is 3.08. The van der Waals surface area contributed by atoms with Gasteiger partial charge in [0.15, 0.2) is 0 Å². The molecule has 0 saturated heterocycles. The van der Waals surface area contributed by atoms with Crippen LogP contribution in [0.15, 0.2) is 66.7 Å². The van der Waals surface area contributed by atoms with Crippen LogP contribution in [0, 0.1) is 0 Å². The molecule has 3 aromatic carbocycles. The summed E-state index contributed by atoms with van der Waals surface area (Å²) >= 11 is 0. The fraction of sp³-hybridized carbons (Fsp3) is 0.190.